The number of halogens is 3. The lowest BCUT2D eigenvalue weighted by atomic mass is 9.93. The summed E-state index contributed by atoms with van der Waals surface area (Å²) in [6.07, 6.45) is -1.07. The monoisotopic (exact) mass is 326 g/mol. The van der Waals surface area contributed by atoms with E-state index in [0.29, 0.717) is 0 Å². The molecule has 0 aromatic rings. The molecule has 1 saturated heterocycles. The fourth-order valence-electron chi connectivity index (χ4n) is 1.97. The van der Waals surface area contributed by atoms with Crippen LogP contribution < -0.4 is 5.32 Å². The minimum absolute atomic E-state index is 0.0676. The van der Waals surface area contributed by atoms with Gasteiger partial charge in [-0.3, -0.25) is 4.79 Å². The molecule has 1 aliphatic rings. The Morgan fingerprint density at radius 2 is 2.05 bits per heavy atom. The van der Waals surface area contributed by atoms with E-state index in [0.717, 1.165) is 0 Å². The summed E-state index contributed by atoms with van der Waals surface area (Å²) >= 11 is 5.31. The van der Waals surface area contributed by atoms with Gasteiger partial charge in [0.15, 0.2) is 0 Å². The smallest absolute Gasteiger partial charge is 0.410 e. The highest BCUT2D eigenvalue weighted by atomic mass is 35.5. The standard InChI is InChI=1S/C13H21ClF2N2O3/c1-12(2,3)21-11(20)18-5-4-13(15,16)9(8-18)7-17-10(19)6-14/h9H,4-8H2,1-3H3,(H,17,19). The summed E-state index contributed by atoms with van der Waals surface area (Å²) in [5.41, 5.74) is -0.681. The van der Waals surface area contributed by atoms with Crippen LogP contribution in [0.3, 0.4) is 0 Å². The summed E-state index contributed by atoms with van der Waals surface area (Å²) in [6.45, 7) is 4.68. The maximum atomic E-state index is 13.8. The van der Waals surface area contributed by atoms with Gasteiger partial charge in [-0.25, -0.2) is 13.6 Å². The van der Waals surface area contributed by atoms with Crippen LogP contribution in [0.1, 0.15) is 27.2 Å². The van der Waals surface area contributed by atoms with Crippen LogP contribution in [0.25, 0.3) is 0 Å². The molecule has 1 fully saturated rings. The first-order valence-corrected chi connectivity index (χ1v) is 7.27. The second-order valence-corrected chi connectivity index (χ2v) is 6.34. The van der Waals surface area contributed by atoms with Crippen LogP contribution in [0.4, 0.5) is 13.6 Å². The van der Waals surface area contributed by atoms with Gasteiger partial charge in [-0.05, 0) is 20.8 Å². The molecule has 1 atom stereocenters. The van der Waals surface area contributed by atoms with Crippen molar-refractivity contribution in [3.8, 4) is 0 Å². The van der Waals surface area contributed by atoms with Gasteiger partial charge in [0.05, 0.1) is 5.92 Å². The van der Waals surface area contributed by atoms with Crippen molar-refractivity contribution in [1.82, 2.24) is 10.2 Å². The number of hydrogen-bond donors (Lipinski definition) is 1. The number of piperidine rings is 1. The van der Waals surface area contributed by atoms with Crippen molar-refractivity contribution in [3.05, 3.63) is 0 Å². The third-order valence-corrected chi connectivity index (χ3v) is 3.31. The quantitative estimate of drug-likeness (QED) is 0.809. The maximum absolute atomic E-state index is 13.8. The molecule has 0 radical (unpaired) electrons. The second kappa shape index (κ2) is 6.77. The van der Waals surface area contributed by atoms with Crippen LogP contribution in [0.2, 0.25) is 0 Å². The number of amides is 2. The Morgan fingerprint density at radius 3 is 2.57 bits per heavy atom. The zero-order chi connectivity index (χ0) is 16.3. The van der Waals surface area contributed by atoms with E-state index in [2.05, 4.69) is 5.32 Å². The third-order valence-electron chi connectivity index (χ3n) is 3.07. The molecule has 1 N–H and O–H groups in total. The first-order chi connectivity index (χ1) is 9.55. The molecule has 0 bridgehead atoms. The SMILES string of the molecule is CC(C)(C)OC(=O)N1CCC(F)(F)C(CNC(=O)CCl)C1. The van der Waals surface area contributed by atoms with E-state index in [4.69, 9.17) is 16.3 Å². The lowest BCUT2D eigenvalue weighted by molar-refractivity contribution is -0.122. The van der Waals surface area contributed by atoms with E-state index in [1.54, 1.807) is 20.8 Å². The average Bonchev–Trinajstić information content (AvgIpc) is 2.34. The Morgan fingerprint density at radius 1 is 1.43 bits per heavy atom. The number of nitrogens with zero attached hydrogens (tertiary/aromatic N) is 1. The van der Waals surface area contributed by atoms with Gasteiger partial charge in [-0.2, -0.15) is 0 Å². The predicted molar refractivity (Wildman–Crippen MR) is 74.6 cm³/mol. The molecule has 2 amide bonds. The fourth-order valence-corrected chi connectivity index (χ4v) is 2.06. The lowest BCUT2D eigenvalue weighted by Crippen LogP contribution is -2.53. The minimum atomic E-state index is -2.93. The number of ether oxygens (including phenoxy) is 1. The molecule has 1 unspecified atom stereocenters. The molecular formula is C13H21ClF2N2O3. The normalized spacial score (nSPS) is 21.8. The molecule has 1 aliphatic heterocycles. The summed E-state index contributed by atoms with van der Waals surface area (Å²) in [6, 6.07) is 0. The number of nitrogens with one attached hydrogen (secondary N) is 1. The number of alkyl halides is 3. The highest BCUT2D eigenvalue weighted by Gasteiger charge is 2.45. The Labute approximate surface area is 127 Å². The van der Waals surface area contributed by atoms with Gasteiger partial charge in [-0.15, -0.1) is 11.6 Å². The predicted octanol–water partition coefficient (Wildman–Crippen LogP) is 2.23. The Hall–Kier alpha value is -1.11. The van der Waals surface area contributed by atoms with E-state index >= 15 is 0 Å². The van der Waals surface area contributed by atoms with Crippen molar-refractivity contribution >= 4 is 23.6 Å². The fraction of sp³-hybridized carbons (Fsp3) is 0.846. The minimum Gasteiger partial charge on any atom is -0.444 e. The van der Waals surface area contributed by atoms with Crippen LogP contribution >= 0.6 is 11.6 Å². The number of rotatable bonds is 3. The summed E-state index contributed by atoms with van der Waals surface area (Å²) in [5.74, 6) is -4.88. The molecule has 0 aromatic heterocycles. The van der Waals surface area contributed by atoms with Crippen LogP contribution in [-0.4, -0.2) is 53.9 Å². The van der Waals surface area contributed by atoms with Gasteiger partial charge in [0, 0.05) is 26.1 Å². The van der Waals surface area contributed by atoms with Crippen LogP contribution in [0.5, 0.6) is 0 Å². The number of carbonyl (C=O) groups excluding carboxylic acids is 2. The molecule has 0 aromatic carbocycles. The highest BCUT2D eigenvalue weighted by molar-refractivity contribution is 6.27. The van der Waals surface area contributed by atoms with Gasteiger partial charge in [-0.1, -0.05) is 0 Å². The summed E-state index contributed by atoms with van der Waals surface area (Å²) in [5, 5.41) is 2.34. The van der Waals surface area contributed by atoms with Crippen molar-refractivity contribution in [2.75, 3.05) is 25.5 Å². The van der Waals surface area contributed by atoms with Gasteiger partial charge in [0.25, 0.3) is 5.92 Å². The van der Waals surface area contributed by atoms with Gasteiger partial charge < -0.3 is 15.0 Å². The van der Waals surface area contributed by atoms with Crippen molar-refractivity contribution in [2.45, 2.75) is 38.7 Å². The first-order valence-electron chi connectivity index (χ1n) is 6.73. The number of likely N-dealkylation sites (tertiary alicyclic amines) is 1. The number of carbonyl (C=O) groups is 2. The van der Waals surface area contributed by atoms with Crippen molar-refractivity contribution < 1.29 is 23.1 Å². The molecule has 0 spiro atoms. The summed E-state index contributed by atoms with van der Waals surface area (Å²) < 4.78 is 32.8. The highest BCUT2D eigenvalue weighted by Crippen LogP contribution is 2.33. The molecule has 0 saturated carbocycles. The summed E-state index contributed by atoms with van der Waals surface area (Å²) in [4.78, 5) is 24.2. The lowest BCUT2D eigenvalue weighted by Gasteiger charge is -2.38. The van der Waals surface area contributed by atoms with E-state index in [1.165, 1.54) is 4.90 Å². The molecule has 8 heteroatoms. The Kier molecular flexibility index (Phi) is 5.78. The average molecular weight is 327 g/mol. The molecule has 1 heterocycles. The zero-order valence-corrected chi connectivity index (χ0v) is 13.2. The van der Waals surface area contributed by atoms with E-state index < -0.39 is 35.9 Å². The van der Waals surface area contributed by atoms with Crippen molar-refractivity contribution in [1.29, 1.82) is 0 Å². The zero-order valence-electron chi connectivity index (χ0n) is 12.4. The Balaban J connectivity index is 2.64. The first kappa shape index (κ1) is 17.9. The molecule has 122 valence electrons. The van der Waals surface area contributed by atoms with Gasteiger partial charge in [0.1, 0.15) is 11.5 Å². The topological polar surface area (TPSA) is 58.6 Å². The molecule has 5 nitrogen and oxygen atoms in total. The molecule has 21 heavy (non-hydrogen) atoms. The maximum Gasteiger partial charge on any atom is 0.410 e. The van der Waals surface area contributed by atoms with Gasteiger partial charge in [0.2, 0.25) is 5.91 Å². The number of hydrogen-bond acceptors (Lipinski definition) is 3. The van der Waals surface area contributed by atoms with Crippen LogP contribution in [0, 0.1) is 5.92 Å². The van der Waals surface area contributed by atoms with E-state index in [9.17, 15) is 18.4 Å². The van der Waals surface area contributed by atoms with Crippen molar-refractivity contribution in [2.24, 2.45) is 5.92 Å². The van der Waals surface area contributed by atoms with E-state index in [-0.39, 0.29) is 25.5 Å². The van der Waals surface area contributed by atoms with Crippen molar-refractivity contribution in [3.63, 3.8) is 0 Å². The van der Waals surface area contributed by atoms with E-state index in [1.807, 2.05) is 0 Å². The molecule has 1 rings (SSSR count). The third kappa shape index (κ3) is 5.65. The van der Waals surface area contributed by atoms with Crippen LogP contribution in [-0.2, 0) is 9.53 Å². The molecular weight excluding hydrogens is 306 g/mol. The second-order valence-electron chi connectivity index (χ2n) is 6.07. The van der Waals surface area contributed by atoms with Gasteiger partial charge >= 0.3 is 6.09 Å². The summed E-state index contributed by atoms with van der Waals surface area (Å²) in [7, 11) is 0. The largest absolute Gasteiger partial charge is 0.444 e. The Bertz CT molecular complexity index is 399. The van der Waals surface area contributed by atoms with Crippen LogP contribution in [0.15, 0.2) is 0 Å². The molecule has 0 aliphatic carbocycles.